The smallest absolute Gasteiger partial charge is 0.243 e. The molecular weight excluding hydrogens is 380 g/mol. The highest BCUT2D eigenvalue weighted by atomic mass is 35.5. The van der Waals surface area contributed by atoms with Crippen LogP contribution in [0.5, 0.6) is 11.5 Å². The molecule has 2 unspecified atom stereocenters. The molecule has 1 aliphatic heterocycles. The Morgan fingerprint density at radius 3 is 2.42 bits per heavy atom. The van der Waals surface area contributed by atoms with E-state index in [1.165, 1.54) is 10.4 Å². The highest BCUT2D eigenvalue weighted by Crippen LogP contribution is 2.33. The summed E-state index contributed by atoms with van der Waals surface area (Å²) in [6, 6.07) is 4.45. The number of ether oxygens (including phenoxy) is 3. The highest BCUT2D eigenvalue weighted by Gasteiger charge is 2.36. The normalized spacial score (nSPS) is 21.1. The fraction of sp³-hybridized carbons (Fsp3) is 0.647. The van der Waals surface area contributed by atoms with Crippen LogP contribution in [-0.4, -0.2) is 58.3 Å². The van der Waals surface area contributed by atoms with Crippen LogP contribution in [0.15, 0.2) is 23.1 Å². The van der Waals surface area contributed by atoms with Crippen LogP contribution in [0.3, 0.4) is 0 Å². The second-order valence-electron chi connectivity index (χ2n) is 5.86. The molecule has 0 aromatic heterocycles. The molecule has 2 N–H and O–H groups in total. The minimum atomic E-state index is -3.67. The molecule has 1 aromatic carbocycles. The zero-order chi connectivity index (χ0) is 18.4. The topological polar surface area (TPSA) is 91.1 Å². The van der Waals surface area contributed by atoms with Crippen LogP contribution < -0.4 is 15.2 Å². The van der Waals surface area contributed by atoms with E-state index in [1.54, 1.807) is 19.2 Å². The Balaban J connectivity index is 0.00000338. The van der Waals surface area contributed by atoms with Crippen molar-refractivity contribution in [2.75, 3.05) is 33.4 Å². The first kappa shape index (κ1) is 23.0. The Kier molecular flexibility index (Phi) is 9.12. The summed E-state index contributed by atoms with van der Waals surface area (Å²) in [6.07, 6.45) is 1.29. The molecule has 150 valence electrons. The van der Waals surface area contributed by atoms with Gasteiger partial charge in [-0.25, -0.2) is 8.42 Å². The van der Waals surface area contributed by atoms with Crippen LogP contribution in [0.2, 0.25) is 0 Å². The third-order valence-electron chi connectivity index (χ3n) is 4.34. The number of sulfonamides is 1. The molecule has 0 aliphatic carbocycles. The Hall–Kier alpha value is -1.06. The molecule has 9 heteroatoms. The molecule has 0 bridgehead atoms. The number of piperidine rings is 1. The van der Waals surface area contributed by atoms with Gasteiger partial charge < -0.3 is 19.9 Å². The Morgan fingerprint density at radius 2 is 1.85 bits per heavy atom. The molecule has 1 fully saturated rings. The first-order valence-electron chi connectivity index (χ1n) is 8.62. The number of methoxy groups -OCH3 is 1. The van der Waals surface area contributed by atoms with Crippen molar-refractivity contribution < 1.29 is 22.6 Å². The highest BCUT2D eigenvalue weighted by molar-refractivity contribution is 7.89. The molecule has 0 spiro atoms. The third-order valence-corrected chi connectivity index (χ3v) is 6.29. The molecule has 2 atom stereocenters. The Morgan fingerprint density at radius 1 is 1.19 bits per heavy atom. The Bertz CT molecular complexity index is 671. The van der Waals surface area contributed by atoms with E-state index in [0.717, 1.165) is 0 Å². The lowest BCUT2D eigenvalue weighted by atomic mass is 10.0. The summed E-state index contributed by atoms with van der Waals surface area (Å²) in [4.78, 5) is 0.189. The number of nitrogens with zero attached hydrogens (tertiary/aromatic N) is 1. The summed E-state index contributed by atoms with van der Waals surface area (Å²) in [6.45, 7) is 5.26. The van der Waals surface area contributed by atoms with Gasteiger partial charge in [0, 0.05) is 32.3 Å². The van der Waals surface area contributed by atoms with Gasteiger partial charge in [0.15, 0.2) is 11.5 Å². The van der Waals surface area contributed by atoms with Crippen molar-refractivity contribution in [3.63, 3.8) is 0 Å². The van der Waals surface area contributed by atoms with E-state index in [2.05, 4.69) is 0 Å². The molecule has 0 amide bonds. The molecule has 1 aliphatic rings. The molecule has 7 nitrogen and oxygen atoms in total. The van der Waals surface area contributed by atoms with E-state index in [9.17, 15) is 8.42 Å². The van der Waals surface area contributed by atoms with E-state index in [4.69, 9.17) is 19.9 Å². The summed E-state index contributed by atoms with van der Waals surface area (Å²) < 4.78 is 44.1. The van der Waals surface area contributed by atoms with Crippen LogP contribution in [0, 0.1) is 0 Å². The minimum Gasteiger partial charge on any atom is -0.490 e. The average molecular weight is 409 g/mol. The summed E-state index contributed by atoms with van der Waals surface area (Å²) >= 11 is 0. The quantitative estimate of drug-likeness (QED) is 0.707. The number of nitrogens with two attached hydrogens (primary N) is 1. The molecule has 2 rings (SSSR count). The van der Waals surface area contributed by atoms with E-state index >= 15 is 0 Å². The molecule has 0 radical (unpaired) electrons. The van der Waals surface area contributed by atoms with Crippen molar-refractivity contribution in [2.45, 2.75) is 43.7 Å². The summed E-state index contributed by atoms with van der Waals surface area (Å²) in [5.41, 5.74) is 5.82. The maximum absolute atomic E-state index is 13.1. The van der Waals surface area contributed by atoms with Gasteiger partial charge in [0.1, 0.15) is 0 Å². The van der Waals surface area contributed by atoms with Crippen LogP contribution in [0.1, 0.15) is 26.7 Å². The van der Waals surface area contributed by atoms with Gasteiger partial charge in [-0.2, -0.15) is 4.31 Å². The first-order valence-corrected chi connectivity index (χ1v) is 10.1. The number of hydrogen-bond acceptors (Lipinski definition) is 6. The molecule has 26 heavy (non-hydrogen) atoms. The summed E-state index contributed by atoms with van der Waals surface area (Å²) in [7, 11) is -2.02. The third kappa shape index (κ3) is 5.01. The second kappa shape index (κ2) is 10.3. The number of benzene rings is 1. The molecule has 1 heterocycles. The fourth-order valence-corrected chi connectivity index (χ4v) is 4.74. The zero-order valence-electron chi connectivity index (χ0n) is 15.5. The van der Waals surface area contributed by atoms with Gasteiger partial charge in [0.05, 0.1) is 24.2 Å². The largest absolute Gasteiger partial charge is 0.490 e. The van der Waals surface area contributed by atoms with Gasteiger partial charge in [0.25, 0.3) is 0 Å². The van der Waals surface area contributed by atoms with Crippen LogP contribution in [0.4, 0.5) is 0 Å². The van der Waals surface area contributed by atoms with Gasteiger partial charge in [-0.1, -0.05) is 0 Å². The van der Waals surface area contributed by atoms with Gasteiger partial charge in [-0.05, 0) is 38.8 Å². The van der Waals surface area contributed by atoms with E-state index in [-0.39, 0.29) is 36.0 Å². The summed E-state index contributed by atoms with van der Waals surface area (Å²) in [5.74, 6) is 0.971. The lowest BCUT2D eigenvalue weighted by molar-refractivity contribution is 0.0401. The zero-order valence-corrected chi connectivity index (χ0v) is 17.1. The van der Waals surface area contributed by atoms with Crippen molar-refractivity contribution in [1.82, 2.24) is 4.31 Å². The predicted octanol–water partition coefficient (Wildman–Crippen LogP) is 2.03. The van der Waals surface area contributed by atoms with Crippen LogP contribution in [-0.2, 0) is 14.8 Å². The second-order valence-corrected chi connectivity index (χ2v) is 7.75. The molecular formula is C17H29ClN2O5S. The molecule has 1 saturated heterocycles. The van der Waals surface area contributed by atoms with Gasteiger partial charge in [-0.3, -0.25) is 0 Å². The maximum atomic E-state index is 13.1. The average Bonchev–Trinajstić information content (AvgIpc) is 2.62. The van der Waals surface area contributed by atoms with Crippen LogP contribution >= 0.6 is 12.4 Å². The molecule has 0 saturated carbocycles. The van der Waals surface area contributed by atoms with E-state index in [1.807, 2.05) is 13.8 Å². The fourth-order valence-electron chi connectivity index (χ4n) is 3.06. The van der Waals surface area contributed by atoms with Gasteiger partial charge in [0.2, 0.25) is 10.0 Å². The standard InChI is InChI=1S/C17H28N2O5S.ClH/c1-4-23-16-7-6-15(11-17(16)24-5-2)25(20,21)19-9-8-14(22-3)10-13(19)12-18;/h6-7,11,13-14H,4-5,8-10,12,18H2,1-3H3;1H. The predicted molar refractivity (Wildman–Crippen MR) is 103 cm³/mol. The number of rotatable bonds is 8. The van der Waals surface area contributed by atoms with Gasteiger partial charge in [-0.15, -0.1) is 12.4 Å². The molecule has 1 aromatic rings. The van der Waals surface area contributed by atoms with E-state index < -0.39 is 10.0 Å². The van der Waals surface area contributed by atoms with E-state index in [0.29, 0.717) is 44.1 Å². The van der Waals surface area contributed by atoms with Crippen molar-refractivity contribution in [3.05, 3.63) is 18.2 Å². The SMILES string of the molecule is CCOc1ccc(S(=O)(=O)N2CCC(OC)CC2CN)cc1OCC.Cl. The lowest BCUT2D eigenvalue weighted by Gasteiger charge is -2.37. The lowest BCUT2D eigenvalue weighted by Crippen LogP contribution is -2.51. The summed E-state index contributed by atoms with van der Waals surface area (Å²) in [5, 5.41) is 0. The van der Waals surface area contributed by atoms with Crippen molar-refractivity contribution in [3.8, 4) is 11.5 Å². The maximum Gasteiger partial charge on any atom is 0.243 e. The number of hydrogen-bond donors (Lipinski definition) is 1. The van der Waals surface area contributed by atoms with Gasteiger partial charge >= 0.3 is 0 Å². The van der Waals surface area contributed by atoms with Crippen molar-refractivity contribution in [2.24, 2.45) is 5.73 Å². The number of halogens is 1. The minimum absolute atomic E-state index is 0. The van der Waals surface area contributed by atoms with Crippen molar-refractivity contribution >= 4 is 22.4 Å². The van der Waals surface area contributed by atoms with Crippen molar-refractivity contribution in [1.29, 1.82) is 0 Å². The monoisotopic (exact) mass is 408 g/mol. The van der Waals surface area contributed by atoms with Crippen LogP contribution in [0.25, 0.3) is 0 Å². The first-order chi connectivity index (χ1) is 12.0. The Labute approximate surface area is 162 Å².